The number of ether oxygens (including phenoxy) is 1. The number of hydrogen-bond donors (Lipinski definition) is 2. The van der Waals surface area contributed by atoms with Crippen LogP contribution in [0.15, 0.2) is 11.9 Å². The maximum Gasteiger partial charge on any atom is 0.414 e. The molecule has 1 rings (SSSR count). The maximum absolute atomic E-state index is 11.5. The predicted molar refractivity (Wildman–Crippen MR) is 53.2 cm³/mol. The minimum absolute atomic E-state index is 0.275. The normalized spacial score (nSPS) is 22.1. The Balaban J connectivity index is 2.57. The van der Waals surface area contributed by atoms with E-state index in [2.05, 4.69) is 0 Å². The van der Waals surface area contributed by atoms with Crippen LogP contribution in [0.4, 0.5) is 4.79 Å². The molecular formula is C9H17N3O2. The molecule has 5 nitrogen and oxygen atoms in total. The topological polar surface area (TPSA) is 81.6 Å². The number of hydrogen-bond acceptors (Lipinski definition) is 4. The molecule has 0 aliphatic carbocycles. The van der Waals surface area contributed by atoms with Crippen LogP contribution in [0.3, 0.4) is 0 Å². The molecule has 0 aromatic carbocycles. The summed E-state index contributed by atoms with van der Waals surface area (Å²) in [6.45, 7) is 5.83. The Kier molecular flexibility index (Phi) is 2.71. The van der Waals surface area contributed by atoms with Crippen LogP contribution in [0, 0.1) is 0 Å². The van der Waals surface area contributed by atoms with Gasteiger partial charge >= 0.3 is 6.09 Å². The third-order valence-corrected chi connectivity index (χ3v) is 1.75. The van der Waals surface area contributed by atoms with Gasteiger partial charge in [0.05, 0.1) is 6.04 Å². The summed E-state index contributed by atoms with van der Waals surface area (Å²) in [5, 5.41) is 0. The van der Waals surface area contributed by atoms with E-state index >= 15 is 0 Å². The highest BCUT2D eigenvalue weighted by Gasteiger charge is 2.27. The lowest BCUT2D eigenvalue weighted by atomic mass is 10.2. The zero-order chi connectivity index (χ0) is 10.9. The van der Waals surface area contributed by atoms with Crippen molar-refractivity contribution >= 4 is 6.09 Å². The van der Waals surface area contributed by atoms with Gasteiger partial charge in [-0.05, 0) is 20.8 Å². The lowest BCUT2D eigenvalue weighted by molar-refractivity contribution is 0.0345. The molecule has 1 aliphatic heterocycles. The molecule has 0 fully saturated rings. The summed E-state index contributed by atoms with van der Waals surface area (Å²) in [4.78, 5) is 12.9. The van der Waals surface area contributed by atoms with Crippen LogP contribution < -0.4 is 11.5 Å². The molecule has 1 unspecified atom stereocenters. The van der Waals surface area contributed by atoms with E-state index in [-0.39, 0.29) is 6.04 Å². The Morgan fingerprint density at radius 2 is 2.21 bits per heavy atom. The second-order valence-corrected chi connectivity index (χ2v) is 4.37. The molecule has 1 aliphatic rings. The number of rotatable bonds is 0. The first-order chi connectivity index (χ1) is 6.29. The average Bonchev–Trinajstić information content (AvgIpc) is 2.28. The van der Waals surface area contributed by atoms with Crippen LogP contribution >= 0.6 is 0 Å². The highest BCUT2D eigenvalue weighted by Crippen LogP contribution is 2.14. The van der Waals surface area contributed by atoms with Crippen molar-refractivity contribution in [3.8, 4) is 0 Å². The number of nitrogens with two attached hydrogens (primary N) is 2. The van der Waals surface area contributed by atoms with Gasteiger partial charge in [0.2, 0.25) is 0 Å². The van der Waals surface area contributed by atoms with Crippen LogP contribution in [-0.4, -0.2) is 29.2 Å². The van der Waals surface area contributed by atoms with E-state index in [0.717, 1.165) is 0 Å². The van der Waals surface area contributed by atoms with Gasteiger partial charge in [-0.3, -0.25) is 4.90 Å². The van der Waals surface area contributed by atoms with Crippen molar-refractivity contribution in [3.05, 3.63) is 11.9 Å². The lowest BCUT2D eigenvalue weighted by Gasteiger charge is -2.23. The third-order valence-electron chi connectivity index (χ3n) is 1.75. The number of carbonyl (C=O) groups excluding carboxylic acids is 1. The quantitative estimate of drug-likeness (QED) is 0.590. The molecule has 0 bridgehead atoms. The lowest BCUT2D eigenvalue weighted by Crippen LogP contribution is -2.37. The molecule has 0 radical (unpaired) electrons. The number of carbonyl (C=O) groups is 1. The van der Waals surface area contributed by atoms with Crippen LogP contribution in [0.2, 0.25) is 0 Å². The van der Waals surface area contributed by atoms with Gasteiger partial charge in [-0.15, -0.1) is 0 Å². The van der Waals surface area contributed by atoms with Crippen LogP contribution in [0.25, 0.3) is 0 Å². The van der Waals surface area contributed by atoms with Crippen molar-refractivity contribution in [2.24, 2.45) is 11.5 Å². The van der Waals surface area contributed by atoms with E-state index in [0.29, 0.717) is 12.2 Å². The summed E-state index contributed by atoms with van der Waals surface area (Å²) in [5.41, 5.74) is 11.2. The zero-order valence-electron chi connectivity index (χ0n) is 8.78. The zero-order valence-corrected chi connectivity index (χ0v) is 8.78. The molecule has 14 heavy (non-hydrogen) atoms. The standard InChI is InChI=1S/C9H17N3O2/c1-9(2,3)14-8(13)12-4-6(10)7(11)5-12/h4,7H,5,10-11H2,1-3H3. The maximum atomic E-state index is 11.5. The Hall–Kier alpha value is -1.23. The summed E-state index contributed by atoms with van der Waals surface area (Å²) < 4.78 is 5.15. The molecule has 0 saturated carbocycles. The van der Waals surface area contributed by atoms with Crippen LogP contribution in [-0.2, 0) is 4.74 Å². The van der Waals surface area contributed by atoms with E-state index in [1.807, 2.05) is 20.8 Å². The summed E-state index contributed by atoms with van der Waals surface area (Å²) >= 11 is 0. The van der Waals surface area contributed by atoms with E-state index in [4.69, 9.17) is 16.2 Å². The Bertz CT molecular complexity index is 268. The van der Waals surface area contributed by atoms with Crippen LogP contribution in [0.1, 0.15) is 20.8 Å². The minimum Gasteiger partial charge on any atom is -0.443 e. The van der Waals surface area contributed by atoms with Crippen molar-refractivity contribution in [1.29, 1.82) is 0 Å². The van der Waals surface area contributed by atoms with Crippen molar-refractivity contribution in [1.82, 2.24) is 4.90 Å². The van der Waals surface area contributed by atoms with E-state index in [9.17, 15) is 4.79 Å². The first-order valence-electron chi connectivity index (χ1n) is 4.52. The molecule has 4 N–H and O–H groups in total. The molecule has 0 aromatic rings. The van der Waals surface area contributed by atoms with Gasteiger partial charge in [0, 0.05) is 18.4 Å². The van der Waals surface area contributed by atoms with Crippen molar-refractivity contribution in [2.75, 3.05) is 6.54 Å². The minimum atomic E-state index is -0.494. The van der Waals surface area contributed by atoms with Gasteiger partial charge in [-0.1, -0.05) is 0 Å². The summed E-state index contributed by atoms with van der Waals surface area (Å²) in [6.07, 6.45) is 1.12. The molecule has 0 spiro atoms. The van der Waals surface area contributed by atoms with E-state index in [1.165, 1.54) is 11.1 Å². The first kappa shape index (κ1) is 10.8. The van der Waals surface area contributed by atoms with Crippen molar-refractivity contribution in [2.45, 2.75) is 32.4 Å². The van der Waals surface area contributed by atoms with E-state index in [1.54, 1.807) is 0 Å². The Labute approximate surface area is 83.7 Å². The van der Waals surface area contributed by atoms with Gasteiger partial charge in [0.25, 0.3) is 0 Å². The van der Waals surface area contributed by atoms with Crippen molar-refractivity contribution < 1.29 is 9.53 Å². The molecular weight excluding hydrogens is 182 g/mol. The molecule has 80 valence electrons. The second-order valence-electron chi connectivity index (χ2n) is 4.37. The largest absolute Gasteiger partial charge is 0.443 e. The Morgan fingerprint density at radius 3 is 2.57 bits per heavy atom. The molecule has 0 aromatic heterocycles. The fraction of sp³-hybridized carbons (Fsp3) is 0.667. The average molecular weight is 199 g/mol. The van der Waals surface area contributed by atoms with Crippen LogP contribution in [0.5, 0.6) is 0 Å². The van der Waals surface area contributed by atoms with Gasteiger partial charge in [0.15, 0.2) is 0 Å². The molecule has 1 amide bonds. The molecule has 0 saturated heterocycles. The monoisotopic (exact) mass is 199 g/mol. The van der Waals surface area contributed by atoms with Gasteiger partial charge in [-0.25, -0.2) is 4.79 Å². The first-order valence-corrected chi connectivity index (χ1v) is 4.52. The Morgan fingerprint density at radius 1 is 1.64 bits per heavy atom. The molecule has 1 heterocycles. The fourth-order valence-electron chi connectivity index (χ4n) is 1.09. The number of amides is 1. The highest BCUT2D eigenvalue weighted by molar-refractivity contribution is 5.70. The smallest absolute Gasteiger partial charge is 0.414 e. The van der Waals surface area contributed by atoms with Crippen molar-refractivity contribution in [3.63, 3.8) is 0 Å². The third kappa shape index (κ3) is 2.63. The second kappa shape index (κ2) is 3.49. The summed E-state index contributed by atoms with van der Waals surface area (Å²) in [7, 11) is 0. The van der Waals surface area contributed by atoms with Gasteiger partial charge in [-0.2, -0.15) is 0 Å². The summed E-state index contributed by atoms with van der Waals surface area (Å²) in [5.74, 6) is 0. The fourth-order valence-corrected chi connectivity index (χ4v) is 1.09. The molecule has 5 heteroatoms. The van der Waals surface area contributed by atoms with E-state index < -0.39 is 11.7 Å². The SMILES string of the molecule is CC(C)(C)OC(=O)N1C=C(N)C(N)C1. The van der Waals surface area contributed by atoms with Gasteiger partial charge in [0.1, 0.15) is 5.60 Å². The predicted octanol–water partition coefficient (Wildman–Crippen LogP) is 0.364. The highest BCUT2D eigenvalue weighted by atomic mass is 16.6. The number of nitrogens with zero attached hydrogens (tertiary/aromatic N) is 1. The summed E-state index contributed by atoms with van der Waals surface area (Å²) in [6, 6.07) is -0.275. The molecule has 1 atom stereocenters. The van der Waals surface area contributed by atoms with Gasteiger partial charge < -0.3 is 16.2 Å².